The molecule has 1 saturated heterocycles. The van der Waals surface area contributed by atoms with E-state index >= 15 is 0 Å². The van der Waals surface area contributed by atoms with Gasteiger partial charge in [-0.05, 0) is 43.2 Å². The number of carbonyl (C=O) groups is 2. The Morgan fingerprint density at radius 2 is 1.81 bits per heavy atom. The SMILES string of the molecule is CN(C)C(CN1C(=O)C(=O)/C(=C(\O)c2ccccc2)C1c1ccncc1)c1cccs1. The van der Waals surface area contributed by atoms with Gasteiger partial charge in [-0.25, -0.2) is 0 Å². The molecule has 2 atom stereocenters. The van der Waals surface area contributed by atoms with Crippen molar-refractivity contribution in [1.82, 2.24) is 14.8 Å². The lowest BCUT2D eigenvalue weighted by Crippen LogP contribution is -2.37. The van der Waals surface area contributed by atoms with Crippen molar-refractivity contribution in [3.63, 3.8) is 0 Å². The fourth-order valence-electron chi connectivity index (χ4n) is 3.89. The maximum atomic E-state index is 13.2. The minimum absolute atomic E-state index is 0.0840. The Balaban J connectivity index is 1.83. The van der Waals surface area contributed by atoms with Gasteiger partial charge in [0, 0.05) is 29.4 Å². The Morgan fingerprint density at radius 1 is 1.10 bits per heavy atom. The molecular weight excluding hydrogens is 410 g/mol. The first kappa shape index (κ1) is 21.0. The molecule has 1 aromatic carbocycles. The zero-order valence-electron chi connectivity index (χ0n) is 17.3. The topological polar surface area (TPSA) is 73.7 Å². The van der Waals surface area contributed by atoms with Gasteiger partial charge in [0.25, 0.3) is 11.7 Å². The fourth-order valence-corrected chi connectivity index (χ4v) is 4.80. The molecule has 7 heteroatoms. The van der Waals surface area contributed by atoms with Gasteiger partial charge < -0.3 is 14.9 Å². The molecule has 31 heavy (non-hydrogen) atoms. The van der Waals surface area contributed by atoms with Crippen molar-refractivity contribution in [3.05, 3.63) is 93.9 Å². The lowest BCUT2D eigenvalue weighted by molar-refractivity contribution is -0.140. The van der Waals surface area contributed by atoms with Crippen LogP contribution in [0, 0.1) is 0 Å². The number of aliphatic hydroxyl groups excluding tert-OH is 1. The van der Waals surface area contributed by atoms with Gasteiger partial charge in [-0.15, -0.1) is 11.3 Å². The molecule has 0 aliphatic carbocycles. The molecule has 0 bridgehead atoms. The molecule has 1 fully saturated rings. The number of amides is 1. The summed E-state index contributed by atoms with van der Waals surface area (Å²) in [5, 5.41) is 13.0. The second-order valence-electron chi connectivity index (χ2n) is 7.59. The normalized spacial score (nSPS) is 19.2. The highest BCUT2D eigenvalue weighted by atomic mass is 32.1. The van der Waals surface area contributed by atoms with E-state index in [4.69, 9.17) is 0 Å². The highest BCUT2D eigenvalue weighted by molar-refractivity contribution is 7.10. The lowest BCUT2D eigenvalue weighted by atomic mass is 9.96. The average Bonchev–Trinajstić information content (AvgIpc) is 3.40. The van der Waals surface area contributed by atoms with Gasteiger partial charge in [-0.1, -0.05) is 36.4 Å². The number of ketones is 1. The number of benzene rings is 1. The van der Waals surface area contributed by atoms with Crippen LogP contribution in [0.3, 0.4) is 0 Å². The highest BCUT2D eigenvalue weighted by Gasteiger charge is 2.47. The molecule has 0 spiro atoms. The van der Waals surface area contributed by atoms with Crippen LogP contribution in [0.2, 0.25) is 0 Å². The summed E-state index contributed by atoms with van der Waals surface area (Å²) >= 11 is 1.61. The van der Waals surface area contributed by atoms with E-state index in [0.717, 1.165) is 10.4 Å². The summed E-state index contributed by atoms with van der Waals surface area (Å²) in [7, 11) is 3.90. The van der Waals surface area contributed by atoms with Crippen LogP contribution in [0.15, 0.2) is 77.9 Å². The summed E-state index contributed by atoms with van der Waals surface area (Å²) in [5.41, 5.74) is 1.34. The molecule has 3 aromatic rings. The third-order valence-electron chi connectivity index (χ3n) is 5.47. The Kier molecular flexibility index (Phi) is 5.97. The predicted molar refractivity (Wildman–Crippen MR) is 120 cm³/mol. The number of hydrogen-bond donors (Lipinski definition) is 1. The van der Waals surface area contributed by atoms with Gasteiger partial charge in [-0.3, -0.25) is 14.6 Å². The molecule has 1 aliphatic heterocycles. The number of Topliss-reactive ketones (excluding diaryl/α,β-unsaturated/α-hetero) is 1. The van der Waals surface area contributed by atoms with E-state index in [2.05, 4.69) is 4.98 Å². The number of likely N-dealkylation sites (tertiary alicyclic amines) is 1. The van der Waals surface area contributed by atoms with Crippen molar-refractivity contribution in [2.45, 2.75) is 12.1 Å². The second kappa shape index (κ2) is 8.83. The van der Waals surface area contributed by atoms with Crippen LogP contribution >= 0.6 is 11.3 Å². The summed E-state index contributed by atoms with van der Waals surface area (Å²) in [4.78, 5) is 35.0. The Labute approximate surface area is 185 Å². The molecule has 6 nitrogen and oxygen atoms in total. The van der Waals surface area contributed by atoms with Crippen LogP contribution in [-0.2, 0) is 9.59 Å². The molecule has 0 saturated carbocycles. The number of pyridine rings is 1. The van der Waals surface area contributed by atoms with Crippen LogP contribution in [0.5, 0.6) is 0 Å². The Morgan fingerprint density at radius 3 is 2.42 bits per heavy atom. The lowest BCUT2D eigenvalue weighted by Gasteiger charge is -2.32. The molecule has 0 radical (unpaired) electrons. The Bertz CT molecular complexity index is 1100. The van der Waals surface area contributed by atoms with Crippen molar-refractivity contribution in [1.29, 1.82) is 0 Å². The number of nitrogens with zero attached hydrogens (tertiary/aromatic N) is 3. The van der Waals surface area contributed by atoms with Gasteiger partial charge in [0.05, 0.1) is 17.7 Å². The standard InChI is InChI=1S/C24H23N3O3S/c1-26(2)18(19-9-6-14-31-19)15-27-21(16-10-12-25-13-11-16)20(23(29)24(27)30)22(28)17-7-4-3-5-8-17/h3-14,18,21,28H,15H2,1-2H3/b22-20-. The molecule has 4 rings (SSSR count). The number of aliphatic hydroxyl groups is 1. The van der Waals surface area contributed by atoms with Gasteiger partial charge in [-0.2, -0.15) is 0 Å². The molecule has 3 heterocycles. The van der Waals surface area contributed by atoms with Crippen LogP contribution in [0.1, 0.15) is 28.1 Å². The zero-order valence-corrected chi connectivity index (χ0v) is 18.1. The minimum atomic E-state index is -0.689. The molecule has 1 aliphatic rings. The van der Waals surface area contributed by atoms with Crippen LogP contribution in [0.25, 0.3) is 5.76 Å². The monoisotopic (exact) mass is 433 g/mol. The maximum Gasteiger partial charge on any atom is 0.295 e. The predicted octanol–water partition coefficient (Wildman–Crippen LogP) is 3.87. The second-order valence-corrected chi connectivity index (χ2v) is 8.57. The fraction of sp³-hybridized carbons (Fsp3) is 0.208. The van der Waals surface area contributed by atoms with E-state index in [1.165, 1.54) is 0 Å². The summed E-state index contributed by atoms with van der Waals surface area (Å²) in [6, 6.07) is 15.6. The molecule has 1 amide bonds. The minimum Gasteiger partial charge on any atom is -0.507 e. The molecule has 2 unspecified atom stereocenters. The zero-order chi connectivity index (χ0) is 22.0. The van der Waals surface area contributed by atoms with Crippen molar-refractivity contribution in [2.24, 2.45) is 0 Å². The largest absolute Gasteiger partial charge is 0.507 e. The number of hydrogen-bond acceptors (Lipinski definition) is 6. The first-order valence-corrected chi connectivity index (χ1v) is 10.8. The summed E-state index contributed by atoms with van der Waals surface area (Å²) < 4.78 is 0. The molecule has 158 valence electrons. The van der Waals surface area contributed by atoms with Gasteiger partial charge in [0.15, 0.2) is 0 Å². The first-order chi connectivity index (χ1) is 15.0. The third-order valence-corrected chi connectivity index (χ3v) is 6.45. The number of thiophene rings is 1. The summed E-state index contributed by atoms with van der Waals surface area (Å²) in [6.45, 7) is 0.316. The number of aromatic nitrogens is 1. The van der Waals surface area contributed by atoms with Crippen molar-refractivity contribution >= 4 is 28.8 Å². The molecule has 2 aromatic heterocycles. The summed E-state index contributed by atoms with van der Waals surface area (Å²) in [5.74, 6) is -1.45. The average molecular weight is 434 g/mol. The van der Waals surface area contributed by atoms with Gasteiger partial charge in [0.2, 0.25) is 0 Å². The van der Waals surface area contributed by atoms with Gasteiger partial charge >= 0.3 is 0 Å². The van der Waals surface area contributed by atoms with Crippen LogP contribution in [-0.4, -0.2) is 52.2 Å². The van der Waals surface area contributed by atoms with E-state index in [1.54, 1.807) is 65.0 Å². The smallest absolute Gasteiger partial charge is 0.295 e. The van der Waals surface area contributed by atoms with E-state index in [9.17, 15) is 14.7 Å². The van der Waals surface area contributed by atoms with E-state index < -0.39 is 17.7 Å². The number of likely N-dealkylation sites (N-methyl/N-ethyl adjacent to an activating group) is 1. The molecular formula is C24H23N3O3S. The summed E-state index contributed by atoms with van der Waals surface area (Å²) in [6.07, 6.45) is 3.25. The maximum absolute atomic E-state index is 13.2. The van der Waals surface area contributed by atoms with E-state index in [0.29, 0.717) is 12.1 Å². The van der Waals surface area contributed by atoms with Gasteiger partial charge in [0.1, 0.15) is 5.76 Å². The van der Waals surface area contributed by atoms with E-state index in [-0.39, 0.29) is 17.4 Å². The van der Waals surface area contributed by atoms with Crippen LogP contribution < -0.4 is 0 Å². The van der Waals surface area contributed by atoms with Crippen molar-refractivity contribution in [3.8, 4) is 0 Å². The first-order valence-electron chi connectivity index (χ1n) is 9.92. The number of rotatable bonds is 6. The highest BCUT2D eigenvalue weighted by Crippen LogP contribution is 2.40. The van der Waals surface area contributed by atoms with Crippen molar-refractivity contribution in [2.75, 3.05) is 20.6 Å². The van der Waals surface area contributed by atoms with Crippen molar-refractivity contribution < 1.29 is 14.7 Å². The third kappa shape index (κ3) is 4.02. The quantitative estimate of drug-likeness (QED) is 0.363. The van der Waals surface area contributed by atoms with Crippen LogP contribution in [0.4, 0.5) is 0 Å². The number of carbonyl (C=O) groups excluding carboxylic acids is 2. The molecule has 1 N–H and O–H groups in total. The Hall–Kier alpha value is -3.29. The van der Waals surface area contributed by atoms with E-state index in [1.807, 2.05) is 42.6 Å².